The highest BCUT2D eigenvalue weighted by molar-refractivity contribution is 7.99. The van der Waals surface area contributed by atoms with E-state index in [1.165, 1.54) is 29.5 Å². The summed E-state index contributed by atoms with van der Waals surface area (Å²) in [5.41, 5.74) is 2.85. The summed E-state index contributed by atoms with van der Waals surface area (Å²) in [7, 11) is 0. The summed E-state index contributed by atoms with van der Waals surface area (Å²) < 4.78 is 15.3. The third-order valence-corrected chi connectivity index (χ3v) is 5.82. The number of amides is 1. The third-order valence-electron chi connectivity index (χ3n) is 4.87. The van der Waals surface area contributed by atoms with Gasteiger partial charge in [-0.1, -0.05) is 37.7 Å². The molecule has 7 heteroatoms. The molecule has 1 N–H and O–H groups in total. The molecule has 1 amide bonds. The molecular weight excluding hydrogens is 387 g/mol. The highest BCUT2D eigenvalue weighted by Crippen LogP contribution is 2.41. The molecule has 1 aromatic heterocycles. The van der Waals surface area contributed by atoms with Crippen LogP contribution in [-0.4, -0.2) is 26.4 Å². The third kappa shape index (κ3) is 4.67. The second-order valence-corrected chi connectivity index (χ2v) is 8.47. The van der Waals surface area contributed by atoms with E-state index in [1.54, 1.807) is 12.1 Å². The number of thioether (sulfide) groups is 1. The van der Waals surface area contributed by atoms with Crippen LogP contribution in [0.4, 0.5) is 10.1 Å². The molecule has 150 valence electrons. The van der Waals surface area contributed by atoms with Crippen molar-refractivity contribution in [3.8, 4) is 11.4 Å². The van der Waals surface area contributed by atoms with Crippen LogP contribution in [0.5, 0.6) is 0 Å². The maximum Gasteiger partial charge on any atom is 0.234 e. The minimum absolute atomic E-state index is 0.0824. The molecule has 1 aliphatic rings. The molecule has 1 saturated carbocycles. The Morgan fingerprint density at radius 3 is 2.45 bits per heavy atom. The number of nitrogens with zero attached hydrogens (tertiary/aromatic N) is 3. The largest absolute Gasteiger partial charge is 0.325 e. The van der Waals surface area contributed by atoms with E-state index in [-0.39, 0.29) is 17.5 Å². The average molecular weight is 411 g/mol. The fraction of sp³-hybridized carbons (Fsp3) is 0.318. The first-order chi connectivity index (χ1) is 14.0. The maximum atomic E-state index is 13.2. The van der Waals surface area contributed by atoms with E-state index in [4.69, 9.17) is 0 Å². The number of benzene rings is 2. The number of halogens is 1. The van der Waals surface area contributed by atoms with Crippen LogP contribution in [0.1, 0.15) is 44.2 Å². The molecular formula is C22H23FN4OS. The van der Waals surface area contributed by atoms with Crippen LogP contribution in [0, 0.1) is 5.82 Å². The highest BCUT2D eigenvalue weighted by atomic mass is 32.2. The number of hydrogen-bond acceptors (Lipinski definition) is 4. The fourth-order valence-corrected chi connectivity index (χ4v) is 3.92. The molecule has 1 aliphatic carbocycles. The lowest BCUT2D eigenvalue weighted by molar-refractivity contribution is -0.113. The highest BCUT2D eigenvalue weighted by Gasteiger charge is 2.30. The Bertz CT molecular complexity index is 995. The van der Waals surface area contributed by atoms with Gasteiger partial charge in [-0.05, 0) is 60.7 Å². The number of hydrogen-bond donors (Lipinski definition) is 1. The minimum Gasteiger partial charge on any atom is -0.325 e. The topological polar surface area (TPSA) is 59.8 Å². The molecule has 0 radical (unpaired) electrons. The molecule has 4 rings (SSSR count). The lowest BCUT2D eigenvalue weighted by Crippen LogP contribution is -2.14. The zero-order valence-electron chi connectivity index (χ0n) is 16.4. The zero-order chi connectivity index (χ0) is 20.4. The first-order valence-electron chi connectivity index (χ1n) is 9.74. The second kappa shape index (κ2) is 8.37. The van der Waals surface area contributed by atoms with E-state index in [9.17, 15) is 9.18 Å². The Morgan fingerprint density at radius 2 is 1.83 bits per heavy atom. The van der Waals surface area contributed by atoms with Gasteiger partial charge in [-0.3, -0.25) is 9.36 Å². The Morgan fingerprint density at radius 1 is 1.14 bits per heavy atom. The molecule has 0 unspecified atom stereocenters. The van der Waals surface area contributed by atoms with E-state index in [0.717, 1.165) is 35.1 Å². The van der Waals surface area contributed by atoms with Gasteiger partial charge in [-0.25, -0.2) is 4.39 Å². The van der Waals surface area contributed by atoms with Crippen LogP contribution in [-0.2, 0) is 4.79 Å². The number of carbonyl (C=O) groups excluding carboxylic acids is 1. The number of aromatic nitrogens is 3. The van der Waals surface area contributed by atoms with Gasteiger partial charge < -0.3 is 5.32 Å². The Hall–Kier alpha value is -2.67. The molecule has 1 fully saturated rings. The Kier molecular flexibility index (Phi) is 5.67. The van der Waals surface area contributed by atoms with Gasteiger partial charge in [0, 0.05) is 17.3 Å². The minimum atomic E-state index is -0.279. The number of carbonyl (C=O) groups is 1. The smallest absolute Gasteiger partial charge is 0.234 e. The molecule has 3 aromatic rings. The Balaban J connectivity index is 1.43. The SMILES string of the molecule is CC(C)c1ccc(NC(=O)CSc2nnc(-c3ccc(F)cc3)n2C2CC2)cc1. The van der Waals surface area contributed by atoms with Gasteiger partial charge in [0.1, 0.15) is 5.82 Å². The number of anilines is 1. The lowest BCUT2D eigenvalue weighted by atomic mass is 10.0. The molecule has 0 aliphatic heterocycles. The van der Waals surface area contributed by atoms with Crippen molar-refractivity contribution in [1.29, 1.82) is 0 Å². The second-order valence-electron chi connectivity index (χ2n) is 7.53. The maximum absolute atomic E-state index is 13.2. The fourth-order valence-electron chi connectivity index (χ4n) is 3.11. The lowest BCUT2D eigenvalue weighted by Gasteiger charge is -2.10. The molecule has 5 nitrogen and oxygen atoms in total. The van der Waals surface area contributed by atoms with Crippen LogP contribution < -0.4 is 5.32 Å². The summed E-state index contributed by atoms with van der Waals surface area (Å²) >= 11 is 1.37. The van der Waals surface area contributed by atoms with Crippen molar-refractivity contribution in [3.63, 3.8) is 0 Å². The standard InChI is InChI=1S/C22H23FN4OS/c1-14(2)15-5-9-18(10-6-15)24-20(28)13-29-22-26-25-21(27(22)19-11-12-19)16-3-7-17(23)8-4-16/h3-10,14,19H,11-13H2,1-2H3,(H,24,28). The van der Waals surface area contributed by atoms with Crippen molar-refractivity contribution in [2.24, 2.45) is 0 Å². The molecule has 2 aromatic carbocycles. The summed E-state index contributed by atoms with van der Waals surface area (Å²) in [4.78, 5) is 12.4. The molecule has 0 spiro atoms. The van der Waals surface area contributed by atoms with Crippen LogP contribution in [0.25, 0.3) is 11.4 Å². The van der Waals surface area contributed by atoms with Gasteiger partial charge >= 0.3 is 0 Å². The van der Waals surface area contributed by atoms with Crippen molar-refractivity contribution in [2.75, 3.05) is 11.1 Å². The summed E-state index contributed by atoms with van der Waals surface area (Å²) in [6.45, 7) is 4.28. The summed E-state index contributed by atoms with van der Waals surface area (Å²) in [5.74, 6) is 1.07. The van der Waals surface area contributed by atoms with E-state index >= 15 is 0 Å². The van der Waals surface area contributed by atoms with E-state index < -0.39 is 0 Å². The molecule has 1 heterocycles. The number of rotatable bonds is 7. The van der Waals surface area contributed by atoms with Gasteiger partial charge in [-0.15, -0.1) is 10.2 Å². The van der Waals surface area contributed by atoms with Crippen molar-refractivity contribution in [3.05, 3.63) is 59.9 Å². The van der Waals surface area contributed by atoms with Crippen molar-refractivity contribution in [2.45, 2.75) is 43.8 Å². The van der Waals surface area contributed by atoms with Crippen LogP contribution in [0.3, 0.4) is 0 Å². The monoisotopic (exact) mass is 410 g/mol. The predicted octanol–water partition coefficient (Wildman–Crippen LogP) is 5.27. The quantitative estimate of drug-likeness (QED) is 0.539. The Labute approximate surface area is 173 Å². The summed E-state index contributed by atoms with van der Waals surface area (Å²) in [5, 5.41) is 12.2. The predicted molar refractivity (Wildman–Crippen MR) is 114 cm³/mol. The van der Waals surface area contributed by atoms with Gasteiger partial charge in [0.2, 0.25) is 5.91 Å². The van der Waals surface area contributed by atoms with Gasteiger partial charge in [0.25, 0.3) is 0 Å². The van der Waals surface area contributed by atoms with Crippen molar-refractivity contribution < 1.29 is 9.18 Å². The number of nitrogens with one attached hydrogen (secondary N) is 1. The van der Waals surface area contributed by atoms with Gasteiger partial charge in [0.15, 0.2) is 11.0 Å². The molecule has 0 atom stereocenters. The van der Waals surface area contributed by atoms with Gasteiger partial charge in [-0.2, -0.15) is 0 Å². The molecule has 0 bridgehead atoms. The van der Waals surface area contributed by atoms with Crippen LogP contribution in [0.2, 0.25) is 0 Å². The summed E-state index contributed by atoms with van der Waals surface area (Å²) in [6, 6.07) is 14.5. The van der Waals surface area contributed by atoms with Crippen molar-refractivity contribution in [1.82, 2.24) is 14.8 Å². The zero-order valence-corrected chi connectivity index (χ0v) is 17.2. The average Bonchev–Trinajstić information content (AvgIpc) is 3.46. The van der Waals surface area contributed by atoms with Crippen LogP contribution in [0.15, 0.2) is 53.7 Å². The van der Waals surface area contributed by atoms with E-state index in [0.29, 0.717) is 12.0 Å². The molecule has 29 heavy (non-hydrogen) atoms. The van der Waals surface area contributed by atoms with Gasteiger partial charge in [0.05, 0.1) is 5.75 Å². The summed E-state index contributed by atoms with van der Waals surface area (Å²) in [6.07, 6.45) is 2.13. The normalized spacial score (nSPS) is 13.7. The van der Waals surface area contributed by atoms with E-state index in [2.05, 4.69) is 33.9 Å². The first kappa shape index (κ1) is 19.6. The van der Waals surface area contributed by atoms with Crippen molar-refractivity contribution >= 4 is 23.4 Å². The first-order valence-corrected chi connectivity index (χ1v) is 10.7. The molecule has 0 saturated heterocycles. The van der Waals surface area contributed by atoms with Crippen LogP contribution >= 0.6 is 11.8 Å². The van der Waals surface area contributed by atoms with E-state index in [1.807, 2.05) is 24.3 Å².